The van der Waals surface area contributed by atoms with Crippen LogP contribution in [0.15, 0.2) is 48.7 Å². The van der Waals surface area contributed by atoms with Crippen LogP contribution in [-0.4, -0.2) is 36.7 Å². The van der Waals surface area contributed by atoms with E-state index >= 15 is 0 Å². The van der Waals surface area contributed by atoms with Gasteiger partial charge in [-0.05, 0) is 49.1 Å². The van der Waals surface area contributed by atoms with Crippen LogP contribution in [0.4, 0.5) is 10.6 Å². The summed E-state index contributed by atoms with van der Waals surface area (Å²) in [5, 5.41) is 6.72. The number of rotatable bonds is 5. The maximum absolute atomic E-state index is 12.0. The lowest BCUT2D eigenvalue weighted by atomic mass is 10.1. The summed E-state index contributed by atoms with van der Waals surface area (Å²) in [7, 11) is 0. The highest BCUT2D eigenvalue weighted by atomic mass is 35.5. The van der Waals surface area contributed by atoms with Gasteiger partial charge in [0, 0.05) is 36.9 Å². The van der Waals surface area contributed by atoms with Gasteiger partial charge in [-0.15, -0.1) is 0 Å². The Morgan fingerprint density at radius 3 is 2.60 bits per heavy atom. The average molecular weight is 359 g/mol. The molecule has 0 saturated carbocycles. The van der Waals surface area contributed by atoms with Crippen molar-refractivity contribution in [2.45, 2.75) is 25.3 Å². The molecule has 1 aromatic carbocycles. The molecule has 1 saturated heterocycles. The summed E-state index contributed by atoms with van der Waals surface area (Å²) in [4.78, 5) is 18.7. The molecule has 0 spiro atoms. The number of urea groups is 1. The van der Waals surface area contributed by atoms with E-state index in [0.717, 1.165) is 48.8 Å². The molecule has 1 aliphatic rings. The average Bonchev–Trinajstić information content (AvgIpc) is 2.65. The first-order valence-electron chi connectivity index (χ1n) is 8.65. The van der Waals surface area contributed by atoms with Crippen molar-refractivity contribution in [3.63, 3.8) is 0 Å². The van der Waals surface area contributed by atoms with E-state index in [1.807, 2.05) is 48.7 Å². The molecule has 0 bridgehead atoms. The zero-order valence-electron chi connectivity index (χ0n) is 14.1. The van der Waals surface area contributed by atoms with Gasteiger partial charge in [0.25, 0.3) is 0 Å². The number of benzene rings is 1. The third-order valence-electron chi connectivity index (χ3n) is 4.42. The van der Waals surface area contributed by atoms with Gasteiger partial charge in [-0.3, -0.25) is 0 Å². The standard InChI is InChI=1S/C19H23ClN4O/c20-16-6-4-15(5-7-16)8-12-22-19(25)23-17-9-13-24(14-10-17)18-3-1-2-11-21-18/h1-7,11,17H,8-10,12-14H2,(H2,22,23,25). The van der Waals surface area contributed by atoms with Gasteiger partial charge in [-0.25, -0.2) is 9.78 Å². The van der Waals surface area contributed by atoms with E-state index in [2.05, 4.69) is 20.5 Å². The molecule has 3 rings (SSSR count). The molecule has 0 radical (unpaired) electrons. The highest BCUT2D eigenvalue weighted by molar-refractivity contribution is 6.30. The van der Waals surface area contributed by atoms with E-state index in [9.17, 15) is 4.79 Å². The van der Waals surface area contributed by atoms with Gasteiger partial charge in [-0.2, -0.15) is 0 Å². The van der Waals surface area contributed by atoms with Crippen LogP contribution in [0.2, 0.25) is 5.02 Å². The molecule has 25 heavy (non-hydrogen) atoms. The Kier molecular flexibility index (Phi) is 6.12. The molecule has 1 aliphatic heterocycles. The Hall–Kier alpha value is -2.27. The fourth-order valence-electron chi connectivity index (χ4n) is 3.00. The molecule has 5 nitrogen and oxygen atoms in total. The smallest absolute Gasteiger partial charge is 0.315 e. The monoisotopic (exact) mass is 358 g/mol. The van der Waals surface area contributed by atoms with Gasteiger partial charge >= 0.3 is 6.03 Å². The van der Waals surface area contributed by atoms with Crippen LogP contribution in [0, 0.1) is 0 Å². The summed E-state index contributed by atoms with van der Waals surface area (Å²) >= 11 is 5.87. The van der Waals surface area contributed by atoms with Gasteiger partial charge < -0.3 is 15.5 Å². The van der Waals surface area contributed by atoms with Crippen molar-refractivity contribution in [1.82, 2.24) is 15.6 Å². The van der Waals surface area contributed by atoms with E-state index in [4.69, 9.17) is 11.6 Å². The number of hydrogen-bond donors (Lipinski definition) is 2. The van der Waals surface area contributed by atoms with Crippen molar-refractivity contribution in [2.24, 2.45) is 0 Å². The first-order chi connectivity index (χ1) is 12.2. The fraction of sp³-hybridized carbons (Fsp3) is 0.368. The quantitative estimate of drug-likeness (QED) is 0.862. The third kappa shape index (κ3) is 5.36. The Labute approximate surface area is 153 Å². The minimum absolute atomic E-state index is 0.0924. The van der Waals surface area contributed by atoms with Crippen molar-refractivity contribution in [3.8, 4) is 0 Å². The van der Waals surface area contributed by atoms with Crippen LogP contribution >= 0.6 is 11.6 Å². The summed E-state index contributed by atoms with van der Waals surface area (Å²) in [6, 6.07) is 13.8. The van der Waals surface area contributed by atoms with Crippen molar-refractivity contribution < 1.29 is 4.79 Å². The van der Waals surface area contributed by atoms with Gasteiger partial charge in [0.1, 0.15) is 5.82 Å². The molecule has 132 valence electrons. The molecule has 2 heterocycles. The van der Waals surface area contributed by atoms with Crippen LogP contribution in [0.1, 0.15) is 18.4 Å². The number of amides is 2. The summed E-state index contributed by atoms with van der Waals surface area (Å²) in [5.41, 5.74) is 1.16. The Morgan fingerprint density at radius 1 is 1.16 bits per heavy atom. The predicted octanol–water partition coefficient (Wildman–Crippen LogP) is 3.25. The molecule has 2 amide bonds. The van der Waals surface area contributed by atoms with Crippen molar-refractivity contribution in [3.05, 3.63) is 59.2 Å². The molecule has 2 N–H and O–H groups in total. The largest absolute Gasteiger partial charge is 0.356 e. The predicted molar refractivity (Wildman–Crippen MR) is 101 cm³/mol. The zero-order valence-corrected chi connectivity index (χ0v) is 14.9. The molecule has 0 unspecified atom stereocenters. The molecule has 0 atom stereocenters. The number of carbonyl (C=O) groups excluding carboxylic acids is 1. The van der Waals surface area contributed by atoms with Crippen LogP contribution in [-0.2, 0) is 6.42 Å². The molecule has 6 heteroatoms. The van der Waals surface area contributed by atoms with Crippen LogP contribution in [0.3, 0.4) is 0 Å². The lowest BCUT2D eigenvalue weighted by Gasteiger charge is -2.33. The Morgan fingerprint density at radius 2 is 1.92 bits per heavy atom. The zero-order chi connectivity index (χ0) is 17.5. The van der Waals surface area contributed by atoms with Crippen molar-refractivity contribution in [2.75, 3.05) is 24.5 Å². The lowest BCUT2D eigenvalue weighted by molar-refractivity contribution is 0.234. The first kappa shape index (κ1) is 17.5. The topological polar surface area (TPSA) is 57.3 Å². The normalized spacial score (nSPS) is 15.0. The second-order valence-electron chi connectivity index (χ2n) is 6.23. The van der Waals surface area contributed by atoms with E-state index in [0.29, 0.717) is 6.54 Å². The van der Waals surface area contributed by atoms with Gasteiger partial charge in [0.05, 0.1) is 0 Å². The summed E-state index contributed by atoms with van der Waals surface area (Å²) in [6.07, 6.45) is 4.47. The van der Waals surface area contributed by atoms with E-state index in [1.165, 1.54) is 0 Å². The molecule has 2 aromatic rings. The highest BCUT2D eigenvalue weighted by Crippen LogP contribution is 2.17. The SMILES string of the molecule is O=C(NCCc1ccc(Cl)cc1)NC1CCN(c2ccccn2)CC1. The number of carbonyl (C=O) groups is 1. The minimum Gasteiger partial charge on any atom is -0.356 e. The van der Waals surface area contributed by atoms with Crippen molar-refractivity contribution >= 4 is 23.4 Å². The van der Waals surface area contributed by atoms with E-state index < -0.39 is 0 Å². The van der Waals surface area contributed by atoms with E-state index in [-0.39, 0.29) is 12.1 Å². The van der Waals surface area contributed by atoms with Crippen LogP contribution < -0.4 is 15.5 Å². The maximum atomic E-state index is 12.0. The van der Waals surface area contributed by atoms with Crippen molar-refractivity contribution in [1.29, 1.82) is 0 Å². The number of nitrogens with one attached hydrogen (secondary N) is 2. The number of hydrogen-bond acceptors (Lipinski definition) is 3. The van der Waals surface area contributed by atoms with Gasteiger partial charge in [0.15, 0.2) is 0 Å². The fourth-order valence-corrected chi connectivity index (χ4v) is 3.13. The minimum atomic E-state index is -0.0924. The summed E-state index contributed by atoms with van der Waals surface area (Å²) in [5.74, 6) is 1.01. The molecular weight excluding hydrogens is 336 g/mol. The number of halogens is 1. The number of piperidine rings is 1. The summed E-state index contributed by atoms with van der Waals surface area (Å²) < 4.78 is 0. The molecule has 1 fully saturated rings. The maximum Gasteiger partial charge on any atom is 0.315 e. The van der Waals surface area contributed by atoms with Crippen LogP contribution in [0.5, 0.6) is 0 Å². The first-order valence-corrected chi connectivity index (χ1v) is 9.03. The lowest BCUT2D eigenvalue weighted by Crippen LogP contribution is -2.48. The number of nitrogens with zero attached hydrogens (tertiary/aromatic N) is 2. The number of pyridine rings is 1. The highest BCUT2D eigenvalue weighted by Gasteiger charge is 2.21. The van der Waals surface area contributed by atoms with Gasteiger partial charge in [-0.1, -0.05) is 29.8 Å². The second kappa shape index (κ2) is 8.72. The van der Waals surface area contributed by atoms with Gasteiger partial charge in [0.2, 0.25) is 0 Å². The van der Waals surface area contributed by atoms with Crippen LogP contribution in [0.25, 0.3) is 0 Å². The Balaban J connectivity index is 1.35. The second-order valence-corrected chi connectivity index (χ2v) is 6.66. The molecule has 1 aromatic heterocycles. The van der Waals surface area contributed by atoms with E-state index in [1.54, 1.807) is 0 Å². The summed E-state index contributed by atoms with van der Waals surface area (Å²) in [6.45, 7) is 2.43. The number of aromatic nitrogens is 1. The molecular formula is C19H23ClN4O. The third-order valence-corrected chi connectivity index (χ3v) is 4.67. The number of anilines is 1. The molecule has 0 aliphatic carbocycles. The Bertz CT molecular complexity index is 670.